The Morgan fingerprint density at radius 3 is 2.45 bits per heavy atom. The minimum absolute atomic E-state index is 0.311. The molecule has 0 aliphatic rings. The summed E-state index contributed by atoms with van der Waals surface area (Å²) in [6.45, 7) is 3.52. The van der Waals surface area contributed by atoms with E-state index in [4.69, 9.17) is 4.42 Å². The van der Waals surface area contributed by atoms with Crippen molar-refractivity contribution >= 4 is 25.3 Å². The quantitative estimate of drug-likeness (QED) is 0.348. The monoisotopic (exact) mass is 443 g/mol. The molecule has 3 rings (SSSR count). The van der Waals surface area contributed by atoms with Crippen molar-refractivity contribution in [1.82, 2.24) is 9.78 Å². The maximum Gasteiger partial charge on any atom is 0.335 e. The van der Waals surface area contributed by atoms with Crippen LogP contribution in [-0.2, 0) is 21.6 Å². The Morgan fingerprint density at radius 2 is 1.90 bits per heavy atom. The fourth-order valence-corrected chi connectivity index (χ4v) is 5.05. The lowest BCUT2D eigenvalue weighted by atomic mass is 9.92. The van der Waals surface area contributed by atoms with Gasteiger partial charge in [0.1, 0.15) is 5.69 Å². The number of hydrogen-bond acceptors (Lipinski definition) is 4. The second-order valence-electron chi connectivity index (χ2n) is 7.23. The molecule has 0 fully saturated rings. The predicted octanol–water partition coefficient (Wildman–Crippen LogP) is 4.53. The van der Waals surface area contributed by atoms with Gasteiger partial charge in [0.2, 0.25) is 5.91 Å². The summed E-state index contributed by atoms with van der Waals surface area (Å²) in [5.41, 5.74) is 2.58. The van der Waals surface area contributed by atoms with Crippen LogP contribution in [0.15, 0.2) is 59.4 Å². The van der Waals surface area contributed by atoms with Crippen LogP contribution in [0.4, 0.5) is 5.69 Å². The molecule has 164 valence electrons. The second-order valence-corrected chi connectivity index (χ2v) is 9.18. The average molecular weight is 443 g/mol. The van der Waals surface area contributed by atoms with Gasteiger partial charge in [0.15, 0.2) is 5.76 Å². The Labute approximate surface area is 180 Å². The van der Waals surface area contributed by atoms with Crippen LogP contribution in [0.3, 0.4) is 0 Å². The summed E-state index contributed by atoms with van der Waals surface area (Å²) in [4.78, 5) is 32.1. The fraction of sp³-hybridized carbons (Fsp3) is 0.273. The van der Waals surface area contributed by atoms with E-state index in [9.17, 15) is 19.1 Å². The molecule has 0 aliphatic carbocycles. The summed E-state index contributed by atoms with van der Waals surface area (Å²) < 4.78 is 19.2. The Hall–Kier alpha value is -2.93. The molecule has 8 nitrogen and oxygen atoms in total. The van der Waals surface area contributed by atoms with Crippen molar-refractivity contribution in [3.63, 3.8) is 0 Å². The van der Waals surface area contributed by atoms with E-state index in [-0.39, 0.29) is 5.91 Å². The van der Waals surface area contributed by atoms with Crippen molar-refractivity contribution < 1.29 is 23.6 Å². The maximum absolute atomic E-state index is 12.4. The fourth-order valence-electron chi connectivity index (χ4n) is 3.74. The first-order valence-corrected chi connectivity index (χ1v) is 11.5. The molecule has 0 radical (unpaired) electrons. The average Bonchev–Trinajstić information content (AvgIpc) is 3.37. The number of amides is 1. The van der Waals surface area contributed by atoms with E-state index in [0.717, 1.165) is 11.3 Å². The van der Waals surface area contributed by atoms with Crippen LogP contribution >= 0.6 is 7.60 Å². The van der Waals surface area contributed by atoms with Gasteiger partial charge in [0, 0.05) is 24.4 Å². The lowest BCUT2D eigenvalue weighted by Crippen LogP contribution is -2.24. The van der Waals surface area contributed by atoms with Gasteiger partial charge in [-0.2, -0.15) is 5.10 Å². The summed E-state index contributed by atoms with van der Waals surface area (Å²) in [7, 11) is -2.56. The zero-order chi connectivity index (χ0) is 22.6. The Balaban J connectivity index is 1.75. The lowest BCUT2D eigenvalue weighted by molar-refractivity contribution is -0.111. The maximum atomic E-state index is 12.4. The molecule has 0 atom stereocenters. The topological polar surface area (TPSA) is 118 Å². The highest BCUT2D eigenvalue weighted by Gasteiger charge is 2.45. The van der Waals surface area contributed by atoms with Crippen molar-refractivity contribution in [1.29, 1.82) is 0 Å². The lowest BCUT2D eigenvalue weighted by Gasteiger charge is -2.33. The summed E-state index contributed by atoms with van der Waals surface area (Å²) >= 11 is 0. The van der Waals surface area contributed by atoms with E-state index in [0.29, 0.717) is 29.9 Å². The Kier molecular flexibility index (Phi) is 6.65. The van der Waals surface area contributed by atoms with E-state index < -0.39 is 12.8 Å². The first-order valence-electron chi connectivity index (χ1n) is 9.93. The highest BCUT2D eigenvalue weighted by molar-refractivity contribution is 7.53. The zero-order valence-corrected chi connectivity index (χ0v) is 18.5. The molecule has 2 heterocycles. The molecule has 1 aromatic carbocycles. The van der Waals surface area contributed by atoms with E-state index in [2.05, 4.69) is 10.4 Å². The SMILES string of the molecule is CCC(CC)(c1ccc(NC(=O)C=Cc2cnn(C)c2-c2ccco2)cc1)P(=O)(O)O. The normalized spacial score (nSPS) is 12.4. The molecular weight excluding hydrogens is 417 g/mol. The number of furan rings is 1. The third-order valence-corrected chi connectivity index (χ3v) is 7.56. The summed E-state index contributed by atoms with van der Waals surface area (Å²) in [5.74, 6) is 0.310. The van der Waals surface area contributed by atoms with Crippen molar-refractivity contribution in [3.8, 4) is 11.5 Å². The van der Waals surface area contributed by atoms with Crippen LogP contribution in [0.2, 0.25) is 0 Å². The third kappa shape index (κ3) is 4.56. The standard InChI is InChI=1S/C22H26N3O5P/c1-4-22(5-2,31(27,28)29)17-9-11-18(12-10-17)24-20(26)13-8-16-15-23-25(3)21(16)19-7-6-14-30-19/h6-15H,4-5H2,1-3H3,(H,24,26)(H2,27,28,29). The molecule has 3 N–H and O–H groups in total. The van der Waals surface area contributed by atoms with Crippen LogP contribution in [0, 0.1) is 0 Å². The van der Waals surface area contributed by atoms with Gasteiger partial charge in [-0.05, 0) is 48.7 Å². The smallest absolute Gasteiger partial charge is 0.335 e. The minimum atomic E-state index is -4.35. The Morgan fingerprint density at radius 1 is 1.23 bits per heavy atom. The molecule has 1 amide bonds. The highest BCUT2D eigenvalue weighted by atomic mass is 31.2. The van der Waals surface area contributed by atoms with Crippen molar-refractivity contribution in [2.75, 3.05) is 5.32 Å². The molecule has 3 aromatic rings. The van der Waals surface area contributed by atoms with E-state index in [1.807, 2.05) is 6.07 Å². The number of aromatic nitrogens is 2. The Bertz CT molecular complexity index is 1110. The first-order chi connectivity index (χ1) is 14.7. The van der Waals surface area contributed by atoms with Gasteiger partial charge < -0.3 is 19.5 Å². The largest absolute Gasteiger partial charge is 0.463 e. The van der Waals surface area contributed by atoms with E-state index in [1.54, 1.807) is 74.4 Å². The van der Waals surface area contributed by atoms with Crippen molar-refractivity contribution in [3.05, 3.63) is 66.1 Å². The van der Waals surface area contributed by atoms with Crippen LogP contribution in [0.5, 0.6) is 0 Å². The van der Waals surface area contributed by atoms with E-state index in [1.165, 1.54) is 6.08 Å². The van der Waals surface area contributed by atoms with Gasteiger partial charge in [0.25, 0.3) is 0 Å². The van der Waals surface area contributed by atoms with Crippen molar-refractivity contribution in [2.24, 2.45) is 7.05 Å². The predicted molar refractivity (Wildman–Crippen MR) is 119 cm³/mol. The van der Waals surface area contributed by atoms with Crippen LogP contribution < -0.4 is 5.32 Å². The third-order valence-electron chi connectivity index (χ3n) is 5.55. The zero-order valence-electron chi connectivity index (χ0n) is 17.6. The number of aryl methyl sites for hydroxylation is 1. The molecule has 0 unspecified atom stereocenters. The molecule has 0 aliphatic heterocycles. The van der Waals surface area contributed by atoms with Crippen LogP contribution in [0.1, 0.15) is 37.8 Å². The molecule has 9 heteroatoms. The molecular formula is C22H26N3O5P. The number of rotatable bonds is 8. The second kappa shape index (κ2) is 9.06. The van der Waals surface area contributed by atoms with Crippen LogP contribution in [0.25, 0.3) is 17.5 Å². The minimum Gasteiger partial charge on any atom is -0.463 e. The number of carbonyl (C=O) groups is 1. The van der Waals surface area contributed by atoms with Gasteiger partial charge in [0.05, 0.1) is 17.6 Å². The number of benzene rings is 1. The molecule has 0 bridgehead atoms. The highest BCUT2D eigenvalue weighted by Crippen LogP contribution is 2.60. The molecule has 0 spiro atoms. The number of nitrogens with one attached hydrogen (secondary N) is 1. The molecule has 31 heavy (non-hydrogen) atoms. The summed E-state index contributed by atoms with van der Waals surface area (Å²) in [6, 6.07) is 10.2. The van der Waals surface area contributed by atoms with E-state index >= 15 is 0 Å². The number of carbonyl (C=O) groups excluding carboxylic acids is 1. The van der Waals surface area contributed by atoms with Gasteiger partial charge in [-0.15, -0.1) is 0 Å². The number of nitrogens with zero attached hydrogens (tertiary/aromatic N) is 2. The van der Waals surface area contributed by atoms with Gasteiger partial charge in [-0.3, -0.25) is 14.0 Å². The summed E-state index contributed by atoms with van der Waals surface area (Å²) in [6.07, 6.45) is 6.89. The summed E-state index contributed by atoms with van der Waals surface area (Å²) in [5, 5.41) is 5.75. The molecule has 0 saturated carbocycles. The molecule has 0 saturated heterocycles. The number of anilines is 1. The molecule has 2 aromatic heterocycles. The van der Waals surface area contributed by atoms with Crippen LogP contribution in [-0.4, -0.2) is 25.5 Å². The van der Waals surface area contributed by atoms with Gasteiger partial charge >= 0.3 is 7.60 Å². The first kappa shape index (κ1) is 22.7. The van der Waals surface area contributed by atoms with Gasteiger partial charge in [-0.1, -0.05) is 26.0 Å². The van der Waals surface area contributed by atoms with Gasteiger partial charge in [-0.25, -0.2) is 0 Å². The number of hydrogen-bond donors (Lipinski definition) is 3. The van der Waals surface area contributed by atoms with Crippen molar-refractivity contribution in [2.45, 2.75) is 31.8 Å².